The number of nitrogens with one attached hydrogen (secondary N) is 1. The van der Waals surface area contributed by atoms with Gasteiger partial charge in [-0.15, -0.1) is 0 Å². The Morgan fingerprint density at radius 2 is 1.95 bits per heavy atom. The first-order chi connectivity index (χ1) is 9.74. The maximum Gasteiger partial charge on any atom is 0.0762 e. The highest BCUT2D eigenvalue weighted by Crippen LogP contribution is 2.26. The van der Waals surface area contributed by atoms with Gasteiger partial charge in [-0.2, -0.15) is 5.10 Å². The Hall–Kier alpha value is -0.830. The van der Waals surface area contributed by atoms with E-state index in [-0.39, 0.29) is 0 Å². The van der Waals surface area contributed by atoms with Crippen molar-refractivity contribution in [1.29, 1.82) is 0 Å². The molecular formula is C17H31N3. The smallest absolute Gasteiger partial charge is 0.0762 e. The second-order valence-electron chi connectivity index (χ2n) is 6.33. The third kappa shape index (κ3) is 4.08. The predicted octanol–water partition coefficient (Wildman–Crippen LogP) is 4.30. The summed E-state index contributed by atoms with van der Waals surface area (Å²) < 4.78 is 2.14. The molecule has 0 spiro atoms. The van der Waals surface area contributed by atoms with E-state index in [0.29, 0.717) is 12.1 Å². The molecule has 0 radical (unpaired) electrons. The Morgan fingerprint density at radius 3 is 2.60 bits per heavy atom. The molecule has 1 atom stereocenters. The maximum absolute atomic E-state index is 4.72. The SMILES string of the molecule is CCC(CC)n1ccc(CN[C@H](C)C2CCCCC2)n1. The van der Waals surface area contributed by atoms with E-state index in [0.717, 1.165) is 25.3 Å². The molecule has 1 aliphatic carbocycles. The van der Waals surface area contributed by atoms with Crippen molar-refractivity contribution in [3.63, 3.8) is 0 Å². The highest BCUT2D eigenvalue weighted by atomic mass is 15.3. The molecule has 0 unspecified atom stereocenters. The van der Waals surface area contributed by atoms with Crippen LogP contribution in [0.15, 0.2) is 12.3 Å². The summed E-state index contributed by atoms with van der Waals surface area (Å²) in [6, 6.07) is 3.34. The van der Waals surface area contributed by atoms with E-state index in [4.69, 9.17) is 5.10 Å². The normalized spacial score (nSPS) is 18.6. The van der Waals surface area contributed by atoms with Crippen molar-refractivity contribution >= 4 is 0 Å². The molecule has 114 valence electrons. The molecule has 0 saturated heterocycles. The fourth-order valence-corrected chi connectivity index (χ4v) is 3.40. The summed E-state index contributed by atoms with van der Waals surface area (Å²) in [5.74, 6) is 0.866. The standard InChI is InChI=1S/C17H31N3/c1-4-17(5-2)20-12-11-16(19-20)13-18-14(3)15-9-7-6-8-10-15/h11-12,14-15,17-18H,4-10,13H2,1-3H3/t14-/m1/s1. The lowest BCUT2D eigenvalue weighted by Gasteiger charge is -2.28. The number of hydrogen-bond donors (Lipinski definition) is 1. The zero-order chi connectivity index (χ0) is 14.4. The lowest BCUT2D eigenvalue weighted by atomic mass is 9.84. The minimum absolute atomic E-state index is 0.555. The quantitative estimate of drug-likeness (QED) is 0.805. The molecule has 1 aromatic rings. The first-order valence-electron chi connectivity index (χ1n) is 8.52. The molecule has 1 aliphatic rings. The molecule has 1 aromatic heterocycles. The number of rotatable bonds is 7. The molecular weight excluding hydrogens is 246 g/mol. The summed E-state index contributed by atoms with van der Waals surface area (Å²) >= 11 is 0. The van der Waals surface area contributed by atoms with E-state index in [1.54, 1.807) is 0 Å². The van der Waals surface area contributed by atoms with Crippen LogP contribution in [0.4, 0.5) is 0 Å². The van der Waals surface area contributed by atoms with Gasteiger partial charge in [-0.3, -0.25) is 4.68 Å². The van der Waals surface area contributed by atoms with Crippen molar-refractivity contribution in [2.24, 2.45) is 5.92 Å². The molecule has 20 heavy (non-hydrogen) atoms. The van der Waals surface area contributed by atoms with Crippen LogP contribution >= 0.6 is 0 Å². The Kier molecular flexibility index (Phi) is 6.08. The molecule has 2 rings (SSSR count). The van der Waals surface area contributed by atoms with Gasteiger partial charge in [0.25, 0.3) is 0 Å². The highest BCUT2D eigenvalue weighted by Gasteiger charge is 2.19. The van der Waals surface area contributed by atoms with E-state index in [1.165, 1.54) is 37.8 Å². The Morgan fingerprint density at radius 1 is 1.25 bits per heavy atom. The number of nitrogens with zero attached hydrogens (tertiary/aromatic N) is 2. The fraction of sp³-hybridized carbons (Fsp3) is 0.824. The third-order valence-electron chi connectivity index (χ3n) is 4.94. The lowest BCUT2D eigenvalue weighted by molar-refractivity contribution is 0.279. The van der Waals surface area contributed by atoms with Crippen molar-refractivity contribution in [1.82, 2.24) is 15.1 Å². The van der Waals surface area contributed by atoms with Crippen molar-refractivity contribution in [3.05, 3.63) is 18.0 Å². The van der Waals surface area contributed by atoms with Gasteiger partial charge in [0.15, 0.2) is 0 Å². The van der Waals surface area contributed by atoms with Gasteiger partial charge in [-0.1, -0.05) is 33.1 Å². The number of hydrogen-bond acceptors (Lipinski definition) is 2. The monoisotopic (exact) mass is 277 g/mol. The van der Waals surface area contributed by atoms with Crippen LogP contribution in [0.5, 0.6) is 0 Å². The molecule has 0 aliphatic heterocycles. The van der Waals surface area contributed by atoms with E-state index in [1.807, 2.05) is 0 Å². The molecule has 0 amide bonds. The Bertz CT molecular complexity index is 375. The van der Waals surface area contributed by atoms with Crippen LogP contribution in [0.2, 0.25) is 0 Å². The maximum atomic E-state index is 4.72. The van der Waals surface area contributed by atoms with Crippen LogP contribution in [0.25, 0.3) is 0 Å². The summed E-state index contributed by atoms with van der Waals surface area (Å²) in [5.41, 5.74) is 1.18. The Balaban J connectivity index is 1.81. The number of aromatic nitrogens is 2. The van der Waals surface area contributed by atoms with Crippen LogP contribution in [0, 0.1) is 5.92 Å². The second-order valence-corrected chi connectivity index (χ2v) is 6.33. The van der Waals surface area contributed by atoms with Crippen LogP contribution < -0.4 is 5.32 Å². The molecule has 1 heterocycles. The van der Waals surface area contributed by atoms with Crippen LogP contribution in [-0.2, 0) is 6.54 Å². The highest BCUT2D eigenvalue weighted by molar-refractivity contribution is 5.00. The van der Waals surface area contributed by atoms with Crippen LogP contribution in [0.1, 0.15) is 77.5 Å². The van der Waals surface area contributed by atoms with Crippen molar-refractivity contribution in [2.75, 3.05) is 0 Å². The van der Waals surface area contributed by atoms with Gasteiger partial charge >= 0.3 is 0 Å². The average Bonchev–Trinajstić information content (AvgIpc) is 2.96. The summed E-state index contributed by atoms with van der Waals surface area (Å²) in [4.78, 5) is 0. The van der Waals surface area contributed by atoms with Crippen molar-refractivity contribution < 1.29 is 0 Å². The first kappa shape index (κ1) is 15.6. The van der Waals surface area contributed by atoms with E-state index >= 15 is 0 Å². The van der Waals surface area contributed by atoms with Gasteiger partial charge in [0.1, 0.15) is 0 Å². The van der Waals surface area contributed by atoms with Crippen molar-refractivity contribution in [2.45, 2.75) is 84.3 Å². The van der Waals surface area contributed by atoms with Gasteiger partial charge in [-0.05, 0) is 44.6 Å². The lowest BCUT2D eigenvalue weighted by Crippen LogP contribution is -2.34. The van der Waals surface area contributed by atoms with E-state index in [9.17, 15) is 0 Å². The Labute approximate surface area is 124 Å². The van der Waals surface area contributed by atoms with Gasteiger partial charge in [0.05, 0.1) is 11.7 Å². The molecule has 3 heteroatoms. The van der Waals surface area contributed by atoms with E-state index < -0.39 is 0 Å². The largest absolute Gasteiger partial charge is 0.308 e. The van der Waals surface area contributed by atoms with Crippen molar-refractivity contribution in [3.8, 4) is 0 Å². The summed E-state index contributed by atoms with van der Waals surface area (Å²) in [6.45, 7) is 7.72. The van der Waals surface area contributed by atoms with Gasteiger partial charge < -0.3 is 5.32 Å². The summed E-state index contributed by atoms with van der Waals surface area (Å²) in [6.07, 6.45) is 11.5. The zero-order valence-corrected chi connectivity index (χ0v) is 13.4. The summed E-state index contributed by atoms with van der Waals surface area (Å²) in [5, 5.41) is 8.40. The predicted molar refractivity (Wildman–Crippen MR) is 84.7 cm³/mol. The molecule has 1 N–H and O–H groups in total. The van der Waals surface area contributed by atoms with E-state index in [2.05, 4.69) is 43.0 Å². The van der Waals surface area contributed by atoms with Crippen LogP contribution in [0.3, 0.4) is 0 Å². The molecule has 0 aromatic carbocycles. The molecule has 1 fully saturated rings. The molecule has 1 saturated carbocycles. The second kappa shape index (κ2) is 7.82. The summed E-state index contributed by atoms with van der Waals surface area (Å²) in [7, 11) is 0. The molecule has 3 nitrogen and oxygen atoms in total. The minimum atomic E-state index is 0.555. The average molecular weight is 277 g/mol. The van der Waals surface area contributed by atoms with Gasteiger partial charge in [-0.25, -0.2) is 0 Å². The van der Waals surface area contributed by atoms with Gasteiger partial charge in [0.2, 0.25) is 0 Å². The molecule has 0 bridgehead atoms. The topological polar surface area (TPSA) is 29.9 Å². The minimum Gasteiger partial charge on any atom is -0.308 e. The van der Waals surface area contributed by atoms with Gasteiger partial charge in [0, 0.05) is 18.8 Å². The zero-order valence-electron chi connectivity index (χ0n) is 13.4. The third-order valence-corrected chi connectivity index (χ3v) is 4.94. The first-order valence-corrected chi connectivity index (χ1v) is 8.52. The fourth-order valence-electron chi connectivity index (χ4n) is 3.40. The van der Waals surface area contributed by atoms with Crippen LogP contribution in [-0.4, -0.2) is 15.8 Å².